The van der Waals surface area contributed by atoms with Crippen molar-refractivity contribution in [1.29, 1.82) is 0 Å². The minimum Gasteiger partial charge on any atom is -0.403 e. The van der Waals surface area contributed by atoms with Crippen LogP contribution in [0.5, 0.6) is 0 Å². The molecular formula is C15H8Cl2F3N3O. The summed E-state index contributed by atoms with van der Waals surface area (Å²) < 4.78 is 44.3. The van der Waals surface area contributed by atoms with Gasteiger partial charge in [0.05, 0.1) is 21.8 Å². The molecule has 0 fully saturated rings. The molecule has 124 valence electrons. The van der Waals surface area contributed by atoms with E-state index in [0.29, 0.717) is 10.6 Å². The molecule has 3 rings (SSSR count). The Hall–Kier alpha value is -2.25. The molecule has 0 amide bonds. The predicted octanol–water partition coefficient (Wildman–Crippen LogP) is 5.81. The number of nitrogens with one attached hydrogen (secondary N) is 1. The second-order valence-corrected chi connectivity index (χ2v) is 5.55. The van der Waals surface area contributed by atoms with E-state index < -0.39 is 11.7 Å². The highest BCUT2D eigenvalue weighted by atomic mass is 35.5. The smallest absolute Gasteiger partial charge is 0.403 e. The summed E-state index contributed by atoms with van der Waals surface area (Å²) in [7, 11) is 0. The number of aromatic nitrogens is 2. The molecule has 0 aliphatic carbocycles. The Balaban J connectivity index is 1.90. The Morgan fingerprint density at radius 3 is 2.46 bits per heavy atom. The van der Waals surface area contributed by atoms with Crippen molar-refractivity contribution >= 4 is 34.9 Å². The van der Waals surface area contributed by atoms with E-state index in [1.165, 1.54) is 24.3 Å². The quantitative estimate of drug-likeness (QED) is 0.629. The minimum absolute atomic E-state index is 0.0589. The zero-order valence-corrected chi connectivity index (χ0v) is 13.2. The van der Waals surface area contributed by atoms with Crippen LogP contribution in [-0.2, 0) is 6.18 Å². The summed E-state index contributed by atoms with van der Waals surface area (Å²) in [4.78, 5) is 0. The van der Waals surface area contributed by atoms with Crippen molar-refractivity contribution in [3.8, 4) is 11.5 Å². The molecule has 24 heavy (non-hydrogen) atoms. The molecule has 4 nitrogen and oxygen atoms in total. The Morgan fingerprint density at radius 2 is 1.75 bits per heavy atom. The maximum Gasteiger partial charge on any atom is 0.418 e. The van der Waals surface area contributed by atoms with Gasteiger partial charge in [-0.15, -0.1) is 5.10 Å². The molecule has 0 aliphatic rings. The molecule has 1 aromatic heterocycles. The van der Waals surface area contributed by atoms with Crippen LogP contribution >= 0.6 is 23.2 Å². The fraction of sp³-hybridized carbons (Fsp3) is 0.0667. The topological polar surface area (TPSA) is 51.0 Å². The van der Waals surface area contributed by atoms with E-state index >= 15 is 0 Å². The highest BCUT2D eigenvalue weighted by Crippen LogP contribution is 2.36. The van der Waals surface area contributed by atoms with Crippen molar-refractivity contribution in [1.82, 2.24) is 10.2 Å². The number of halogens is 5. The van der Waals surface area contributed by atoms with Gasteiger partial charge in [-0.1, -0.05) is 40.4 Å². The van der Waals surface area contributed by atoms with Gasteiger partial charge in [0, 0.05) is 5.02 Å². The third-order valence-electron chi connectivity index (χ3n) is 3.06. The van der Waals surface area contributed by atoms with Crippen LogP contribution in [0.15, 0.2) is 46.9 Å². The van der Waals surface area contributed by atoms with Crippen LogP contribution < -0.4 is 5.32 Å². The maximum atomic E-state index is 13.0. The van der Waals surface area contributed by atoms with Crippen LogP contribution in [0.4, 0.5) is 24.9 Å². The van der Waals surface area contributed by atoms with Crippen LogP contribution in [-0.4, -0.2) is 10.2 Å². The Bertz CT molecular complexity index is 880. The van der Waals surface area contributed by atoms with Crippen molar-refractivity contribution in [2.75, 3.05) is 5.32 Å². The Morgan fingerprint density at radius 1 is 1.00 bits per heavy atom. The molecule has 0 atom stereocenters. The van der Waals surface area contributed by atoms with E-state index in [2.05, 4.69) is 15.5 Å². The summed E-state index contributed by atoms with van der Waals surface area (Å²) in [5.74, 6) is 0.0589. The van der Waals surface area contributed by atoms with Crippen molar-refractivity contribution < 1.29 is 17.6 Å². The van der Waals surface area contributed by atoms with Gasteiger partial charge in [-0.3, -0.25) is 0 Å². The lowest BCUT2D eigenvalue weighted by Gasteiger charge is -2.11. The Labute approximate surface area is 144 Å². The number of nitrogens with zero attached hydrogens (tertiary/aromatic N) is 2. The lowest BCUT2D eigenvalue weighted by molar-refractivity contribution is -0.136. The standard InChI is InChI=1S/C15H8Cl2F3N3O/c16-8-5-6-9(11(17)7-8)13-22-23-14(24-13)21-12-4-2-1-3-10(12)15(18,19)20/h1-7H,(H,21,23). The number of anilines is 2. The number of alkyl halides is 3. The first-order valence-electron chi connectivity index (χ1n) is 6.57. The second kappa shape index (κ2) is 6.33. The lowest BCUT2D eigenvalue weighted by Crippen LogP contribution is -2.08. The molecule has 9 heteroatoms. The van der Waals surface area contributed by atoms with Gasteiger partial charge in [-0.25, -0.2) is 0 Å². The Kier molecular flexibility index (Phi) is 4.38. The molecule has 3 aromatic rings. The van der Waals surface area contributed by atoms with Gasteiger partial charge < -0.3 is 9.73 Å². The van der Waals surface area contributed by atoms with Crippen molar-refractivity contribution in [3.63, 3.8) is 0 Å². The molecule has 1 N–H and O–H groups in total. The molecule has 0 spiro atoms. The first kappa shape index (κ1) is 16.6. The number of benzene rings is 2. The van der Waals surface area contributed by atoms with Gasteiger partial charge >= 0.3 is 12.2 Å². The zero-order chi connectivity index (χ0) is 17.3. The first-order valence-corrected chi connectivity index (χ1v) is 7.32. The van der Waals surface area contributed by atoms with E-state index in [0.717, 1.165) is 6.07 Å². The number of hydrogen-bond donors (Lipinski definition) is 1. The second-order valence-electron chi connectivity index (χ2n) is 4.70. The lowest BCUT2D eigenvalue weighted by atomic mass is 10.2. The fourth-order valence-electron chi connectivity index (χ4n) is 2.00. The summed E-state index contributed by atoms with van der Waals surface area (Å²) in [5.41, 5.74) is -0.609. The van der Waals surface area contributed by atoms with E-state index in [1.54, 1.807) is 12.1 Å². The zero-order valence-electron chi connectivity index (χ0n) is 11.7. The van der Waals surface area contributed by atoms with Gasteiger partial charge in [-0.2, -0.15) is 13.2 Å². The summed E-state index contributed by atoms with van der Waals surface area (Å²) in [5, 5.41) is 10.7. The van der Waals surface area contributed by atoms with Crippen LogP contribution in [0.1, 0.15) is 5.56 Å². The molecule has 0 bridgehead atoms. The molecule has 1 heterocycles. The molecule has 0 unspecified atom stereocenters. The molecule has 2 aromatic carbocycles. The molecule has 0 radical (unpaired) electrons. The third kappa shape index (κ3) is 3.47. The summed E-state index contributed by atoms with van der Waals surface area (Å²) in [6, 6.07) is 9.44. The average Bonchev–Trinajstić information content (AvgIpc) is 2.95. The number of hydrogen-bond acceptors (Lipinski definition) is 4. The predicted molar refractivity (Wildman–Crippen MR) is 84.5 cm³/mol. The van der Waals surface area contributed by atoms with Gasteiger partial charge in [0.25, 0.3) is 5.89 Å². The summed E-state index contributed by atoms with van der Waals surface area (Å²) in [6.45, 7) is 0. The highest BCUT2D eigenvalue weighted by Gasteiger charge is 2.33. The first-order chi connectivity index (χ1) is 11.3. The highest BCUT2D eigenvalue weighted by molar-refractivity contribution is 6.36. The monoisotopic (exact) mass is 373 g/mol. The largest absolute Gasteiger partial charge is 0.418 e. The van der Waals surface area contributed by atoms with E-state index in [9.17, 15) is 13.2 Å². The van der Waals surface area contributed by atoms with Crippen molar-refractivity contribution in [2.24, 2.45) is 0 Å². The van der Waals surface area contributed by atoms with Crippen molar-refractivity contribution in [2.45, 2.75) is 6.18 Å². The molecular weight excluding hydrogens is 366 g/mol. The van der Waals surface area contributed by atoms with Gasteiger partial charge in [0.1, 0.15) is 0 Å². The SMILES string of the molecule is FC(F)(F)c1ccccc1Nc1nnc(-c2ccc(Cl)cc2Cl)o1. The maximum absolute atomic E-state index is 13.0. The third-order valence-corrected chi connectivity index (χ3v) is 3.61. The molecule has 0 saturated heterocycles. The molecule has 0 aliphatic heterocycles. The fourth-order valence-corrected chi connectivity index (χ4v) is 2.49. The molecule has 0 saturated carbocycles. The van der Waals surface area contributed by atoms with Gasteiger partial charge in [-0.05, 0) is 30.3 Å². The summed E-state index contributed by atoms with van der Waals surface area (Å²) in [6.07, 6.45) is -4.51. The van der Waals surface area contributed by atoms with Crippen LogP contribution in [0.25, 0.3) is 11.5 Å². The van der Waals surface area contributed by atoms with Crippen LogP contribution in [0, 0.1) is 0 Å². The normalized spacial score (nSPS) is 11.5. The summed E-state index contributed by atoms with van der Waals surface area (Å²) >= 11 is 11.8. The van der Waals surface area contributed by atoms with Gasteiger partial charge in [0.2, 0.25) is 0 Å². The van der Waals surface area contributed by atoms with Crippen LogP contribution in [0.2, 0.25) is 10.0 Å². The van der Waals surface area contributed by atoms with E-state index in [1.807, 2.05) is 0 Å². The average molecular weight is 374 g/mol. The minimum atomic E-state index is -4.51. The van der Waals surface area contributed by atoms with Crippen LogP contribution in [0.3, 0.4) is 0 Å². The van der Waals surface area contributed by atoms with E-state index in [4.69, 9.17) is 27.6 Å². The van der Waals surface area contributed by atoms with E-state index in [-0.39, 0.29) is 22.6 Å². The number of para-hydroxylation sites is 1. The van der Waals surface area contributed by atoms with Crippen molar-refractivity contribution in [3.05, 3.63) is 58.1 Å². The van der Waals surface area contributed by atoms with Gasteiger partial charge in [0.15, 0.2) is 0 Å². The number of rotatable bonds is 3.